The van der Waals surface area contributed by atoms with Crippen molar-refractivity contribution in [2.75, 3.05) is 6.54 Å². The van der Waals surface area contributed by atoms with Gasteiger partial charge in [0, 0.05) is 13.0 Å². The van der Waals surface area contributed by atoms with Gasteiger partial charge < -0.3 is 10.1 Å². The lowest BCUT2D eigenvalue weighted by atomic mass is 10.0. The molecule has 0 aromatic carbocycles. The molecule has 3 heteroatoms. The fraction of sp³-hybridized carbons (Fsp3) is 0.955. The lowest BCUT2D eigenvalue weighted by molar-refractivity contribution is -0.121. The number of epoxide rings is 1. The second-order valence-corrected chi connectivity index (χ2v) is 8.27. The first-order chi connectivity index (χ1) is 12.1. The van der Waals surface area contributed by atoms with Crippen LogP contribution in [0.2, 0.25) is 0 Å². The largest absolute Gasteiger partial charge is 0.370 e. The van der Waals surface area contributed by atoms with Crippen molar-refractivity contribution in [3.05, 3.63) is 0 Å². The molecule has 1 amide bonds. The second-order valence-electron chi connectivity index (χ2n) is 8.27. The summed E-state index contributed by atoms with van der Waals surface area (Å²) < 4.78 is 5.80. The summed E-state index contributed by atoms with van der Waals surface area (Å²) in [4.78, 5) is 11.6. The van der Waals surface area contributed by atoms with Crippen LogP contribution in [0.3, 0.4) is 0 Å². The summed E-state index contributed by atoms with van der Waals surface area (Å²) >= 11 is 0. The van der Waals surface area contributed by atoms with Crippen LogP contribution in [-0.4, -0.2) is 24.7 Å². The van der Waals surface area contributed by atoms with Crippen molar-refractivity contribution in [3.63, 3.8) is 0 Å². The summed E-state index contributed by atoms with van der Waals surface area (Å²) in [6.45, 7) is 7.33. The van der Waals surface area contributed by atoms with E-state index < -0.39 is 0 Å². The van der Waals surface area contributed by atoms with Gasteiger partial charge in [-0.05, 0) is 25.2 Å². The summed E-state index contributed by atoms with van der Waals surface area (Å²) in [6.07, 6.45) is 18.7. The lowest BCUT2D eigenvalue weighted by Crippen LogP contribution is -2.26. The van der Waals surface area contributed by atoms with E-state index in [0.29, 0.717) is 24.5 Å². The van der Waals surface area contributed by atoms with E-state index in [1.54, 1.807) is 0 Å². The highest BCUT2D eigenvalue weighted by atomic mass is 16.6. The Bertz CT molecular complexity index is 330. The summed E-state index contributed by atoms with van der Waals surface area (Å²) in [7, 11) is 0. The fourth-order valence-electron chi connectivity index (χ4n) is 3.38. The van der Waals surface area contributed by atoms with E-state index in [1.165, 1.54) is 77.0 Å². The van der Waals surface area contributed by atoms with E-state index in [0.717, 1.165) is 13.0 Å². The number of unbranched alkanes of at least 4 members (excludes halogenated alkanes) is 9. The van der Waals surface area contributed by atoms with Crippen LogP contribution in [0.4, 0.5) is 0 Å². The van der Waals surface area contributed by atoms with Crippen LogP contribution in [0.1, 0.15) is 111 Å². The Morgan fingerprint density at radius 2 is 1.36 bits per heavy atom. The Morgan fingerprint density at radius 3 is 1.92 bits per heavy atom. The van der Waals surface area contributed by atoms with Crippen molar-refractivity contribution >= 4 is 5.91 Å². The van der Waals surface area contributed by atoms with Crippen molar-refractivity contribution in [2.24, 2.45) is 5.92 Å². The molecule has 1 fully saturated rings. The molecule has 1 aliphatic rings. The lowest BCUT2D eigenvalue weighted by Gasteiger charge is -2.07. The van der Waals surface area contributed by atoms with Gasteiger partial charge in [0.1, 0.15) is 0 Å². The van der Waals surface area contributed by atoms with Gasteiger partial charge in [-0.3, -0.25) is 4.79 Å². The molecule has 2 atom stereocenters. The minimum Gasteiger partial charge on any atom is -0.370 e. The number of nitrogens with one attached hydrogen (secondary N) is 1. The Balaban J connectivity index is 1.79. The SMILES string of the molecule is CCCCCCCCC1OC1CCCCCCCC(=O)NCC(C)C. The molecule has 0 saturated carbocycles. The molecule has 2 unspecified atom stereocenters. The smallest absolute Gasteiger partial charge is 0.220 e. The highest BCUT2D eigenvalue weighted by Crippen LogP contribution is 2.31. The Morgan fingerprint density at radius 1 is 0.840 bits per heavy atom. The normalized spacial score (nSPS) is 19.4. The molecule has 0 spiro atoms. The van der Waals surface area contributed by atoms with E-state index in [1.807, 2.05) is 0 Å². The van der Waals surface area contributed by atoms with Crippen LogP contribution in [-0.2, 0) is 9.53 Å². The number of hydrogen-bond acceptors (Lipinski definition) is 2. The van der Waals surface area contributed by atoms with E-state index >= 15 is 0 Å². The highest BCUT2D eigenvalue weighted by Gasteiger charge is 2.36. The third-order valence-electron chi connectivity index (χ3n) is 5.13. The zero-order valence-corrected chi connectivity index (χ0v) is 17.2. The van der Waals surface area contributed by atoms with Crippen LogP contribution in [0, 0.1) is 5.92 Å². The molecule has 1 aliphatic heterocycles. The highest BCUT2D eigenvalue weighted by molar-refractivity contribution is 5.75. The van der Waals surface area contributed by atoms with Gasteiger partial charge in [-0.1, -0.05) is 85.0 Å². The van der Waals surface area contributed by atoms with Gasteiger partial charge in [-0.25, -0.2) is 0 Å². The molecule has 0 aromatic heterocycles. The molecular formula is C22H43NO2. The number of carbonyl (C=O) groups excluding carboxylic acids is 1. The number of carbonyl (C=O) groups is 1. The van der Waals surface area contributed by atoms with Gasteiger partial charge in [0.05, 0.1) is 12.2 Å². The van der Waals surface area contributed by atoms with Crippen molar-refractivity contribution in [2.45, 2.75) is 123 Å². The van der Waals surface area contributed by atoms with Crippen molar-refractivity contribution in [1.29, 1.82) is 0 Å². The third kappa shape index (κ3) is 13.3. The number of rotatable bonds is 17. The minimum absolute atomic E-state index is 0.220. The van der Waals surface area contributed by atoms with E-state index in [-0.39, 0.29) is 5.91 Å². The molecule has 0 bridgehead atoms. The van der Waals surface area contributed by atoms with E-state index in [2.05, 4.69) is 26.1 Å². The van der Waals surface area contributed by atoms with Gasteiger partial charge >= 0.3 is 0 Å². The third-order valence-corrected chi connectivity index (χ3v) is 5.13. The van der Waals surface area contributed by atoms with E-state index in [4.69, 9.17) is 4.74 Å². The predicted molar refractivity (Wildman–Crippen MR) is 107 cm³/mol. The predicted octanol–water partition coefficient (Wildman–Crippen LogP) is 6.01. The minimum atomic E-state index is 0.220. The summed E-state index contributed by atoms with van der Waals surface area (Å²) in [5, 5.41) is 2.99. The standard InChI is InChI=1S/C22H43NO2/c1-4-5-6-7-9-12-15-20-21(25-20)16-13-10-8-11-14-17-22(24)23-18-19(2)3/h19-21H,4-18H2,1-3H3,(H,23,24). The van der Waals surface area contributed by atoms with Crippen molar-refractivity contribution < 1.29 is 9.53 Å². The van der Waals surface area contributed by atoms with Gasteiger partial charge in [0.2, 0.25) is 5.91 Å². The molecular weight excluding hydrogens is 310 g/mol. The first-order valence-electron chi connectivity index (χ1n) is 11.1. The zero-order valence-electron chi connectivity index (χ0n) is 17.2. The molecule has 0 aliphatic carbocycles. The van der Waals surface area contributed by atoms with Crippen LogP contribution in [0.25, 0.3) is 0 Å². The maximum Gasteiger partial charge on any atom is 0.220 e. The molecule has 1 rings (SSSR count). The van der Waals surface area contributed by atoms with Gasteiger partial charge in [0.15, 0.2) is 0 Å². The van der Waals surface area contributed by atoms with Gasteiger partial charge in [-0.2, -0.15) is 0 Å². The maximum absolute atomic E-state index is 11.6. The van der Waals surface area contributed by atoms with Crippen LogP contribution in [0.5, 0.6) is 0 Å². The quantitative estimate of drug-likeness (QED) is 0.257. The summed E-state index contributed by atoms with van der Waals surface area (Å²) in [6, 6.07) is 0. The summed E-state index contributed by atoms with van der Waals surface area (Å²) in [5.41, 5.74) is 0. The number of ether oxygens (including phenoxy) is 1. The monoisotopic (exact) mass is 353 g/mol. The fourth-order valence-corrected chi connectivity index (χ4v) is 3.38. The van der Waals surface area contributed by atoms with Crippen molar-refractivity contribution in [3.8, 4) is 0 Å². The zero-order chi connectivity index (χ0) is 18.3. The Hall–Kier alpha value is -0.570. The molecule has 25 heavy (non-hydrogen) atoms. The van der Waals surface area contributed by atoms with E-state index in [9.17, 15) is 4.79 Å². The average Bonchev–Trinajstić information content (AvgIpc) is 3.33. The van der Waals surface area contributed by atoms with Gasteiger partial charge in [-0.15, -0.1) is 0 Å². The van der Waals surface area contributed by atoms with Crippen LogP contribution < -0.4 is 5.32 Å². The number of amides is 1. The number of hydrogen-bond donors (Lipinski definition) is 1. The molecule has 1 saturated heterocycles. The molecule has 1 N–H and O–H groups in total. The first-order valence-corrected chi connectivity index (χ1v) is 11.1. The Labute approximate surface area is 156 Å². The average molecular weight is 354 g/mol. The molecule has 148 valence electrons. The molecule has 1 heterocycles. The van der Waals surface area contributed by atoms with Crippen LogP contribution in [0.15, 0.2) is 0 Å². The first kappa shape index (κ1) is 22.5. The Kier molecular flexibility index (Phi) is 13.1. The molecule has 0 aromatic rings. The molecule has 0 radical (unpaired) electrons. The van der Waals surface area contributed by atoms with Crippen LogP contribution >= 0.6 is 0 Å². The second kappa shape index (κ2) is 14.6. The van der Waals surface area contributed by atoms with Gasteiger partial charge in [0.25, 0.3) is 0 Å². The summed E-state index contributed by atoms with van der Waals surface area (Å²) in [5.74, 6) is 0.760. The topological polar surface area (TPSA) is 41.6 Å². The van der Waals surface area contributed by atoms with Crippen molar-refractivity contribution in [1.82, 2.24) is 5.32 Å². The molecule has 3 nitrogen and oxygen atoms in total. The maximum atomic E-state index is 11.6.